The van der Waals surface area contributed by atoms with Crippen LogP contribution in [0, 0.1) is 0 Å². The van der Waals surface area contributed by atoms with E-state index in [1.807, 2.05) is 48.9 Å². The molecule has 0 spiro atoms. The van der Waals surface area contributed by atoms with E-state index in [4.69, 9.17) is 4.42 Å². The Hall–Kier alpha value is -2.15. The minimum atomic E-state index is 0.0165. The summed E-state index contributed by atoms with van der Waals surface area (Å²) < 4.78 is 7.58. The van der Waals surface area contributed by atoms with E-state index in [1.54, 1.807) is 6.33 Å². The highest BCUT2D eigenvalue weighted by atomic mass is 32.2. The molecule has 0 radical (unpaired) electrons. The molecule has 0 saturated carbocycles. The van der Waals surface area contributed by atoms with Crippen molar-refractivity contribution in [3.8, 4) is 11.5 Å². The molecule has 6 nitrogen and oxygen atoms in total. The normalized spacial score (nSPS) is 12.5. The first-order valence-corrected chi connectivity index (χ1v) is 7.01. The number of aromatic nitrogens is 5. The van der Waals surface area contributed by atoms with Crippen LogP contribution in [0.3, 0.4) is 0 Å². The number of aryl methyl sites for hydroxylation is 1. The number of hydrogen-bond donors (Lipinski definition) is 0. The van der Waals surface area contributed by atoms with Crippen molar-refractivity contribution in [3.05, 3.63) is 42.5 Å². The SMILES string of the molecule is C[C@H](Sc1nncn1C)c1nnc(-c2ccccc2)o1. The average Bonchev–Trinajstić information content (AvgIpc) is 3.10. The maximum Gasteiger partial charge on any atom is 0.247 e. The maximum atomic E-state index is 5.72. The molecular formula is C13H13N5OS. The molecule has 0 aliphatic carbocycles. The number of benzene rings is 1. The topological polar surface area (TPSA) is 69.6 Å². The van der Waals surface area contributed by atoms with Crippen molar-refractivity contribution >= 4 is 11.8 Å². The number of rotatable bonds is 4. The van der Waals surface area contributed by atoms with Gasteiger partial charge in [-0.3, -0.25) is 0 Å². The Balaban J connectivity index is 1.78. The Morgan fingerprint density at radius 2 is 1.95 bits per heavy atom. The zero-order valence-corrected chi connectivity index (χ0v) is 11.9. The van der Waals surface area contributed by atoms with Crippen LogP contribution in [0.25, 0.3) is 11.5 Å². The van der Waals surface area contributed by atoms with Crippen molar-refractivity contribution in [3.63, 3.8) is 0 Å². The lowest BCUT2D eigenvalue weighted by Crippen LogP contribution is -1.94. The molecule has 0 saturated heterocycles. The quantitative estimate of drug-likeness (QED) is 0.687. The van der Waals surface area contributed by atoms with Crippen LogP contribution >= 0.6 is 11.8 Å². The van der Waals surface area contributed by atoms with E-state index in [2.05, 4.69) is 20.4 Å². The smallest absolute Gasteiger partial charge is 0.247 e. The van der Waals surface area contributed by atoms with Gasteiger partial charge in [0.1, 0.15) is 6.33 Å². The summed E-state index contributed by atoms with van der Waals surface area (Å²) in [7, 11) is 1.90. The van der Waals surface area contributed by atoms with Crippen molar-refractivity contribution < 1.29 is 4.42 Å². The summed E-state index contributed by atoms with van der Waals surface area (Å²) >= 11 is 1.53. The van der Waals surface area contributed by atoms with Gasteiger partial charge in [-0.2, -0.15) is 0 Å². The minimum absolute atomic E-state index is 0.0165. The van der Waals surface area contributed by atoms with Gasteiger partial charge in [-0.1, -0.05) is 30.0 Å². The Morgan fingerprint density at radius 1 is 1.15 bits per heavy atom. The third-order valence-corrected chi connectivity index (χ3v) is 3.90. The van der Waals surface area contributed by atoms with Gasteiger partial charge >= 0.3 is 0 Å². The molecule has 7 heteroatoms. The predicted molar refractivity (Wildman–Crippen MR) is 75.0 cm³/mol. The highest BCUT2D eigenvalue weighted by Gasteiger charge is 2.18. The molecule has 102 valence electrons. The van der Waals surface area contributed by atoms with Gasteiger partial charge in [-0.05, 0) is 19.1 Å². The van der Waals surface area contributed by atoms with Crippen LogP contribution in [0.5, 0.6) is 0 Å². The van der Waals surface area contributed by atoms with E-state index in [-0.39, 0.29) is 5.25 Å². The van der Waals surface area contributed by atoms with E-state index < -0.39 is 0 Å². The molecule has 0 aliphatic rings. The highest BCUT2D eigenvalue weighted by Crippen LogP contribution is 2.33. The molecule has 0 bridgehead atoms. The largest absolute Gasteiger partial charge is 0.419 e. The molecule has 2 heterocycles. The van der Waals surface area contributed by atoms with Gasteiger partial charge in [0.25, 0.3) is 0 Å². The Morgan fingerprint density at radius 3 is 2.65 bits per heavy atom. The Kier molecular flexibility index (Phi) is 3.51. The molecule has 0 aliphatic heterocycles. The lowest BCUT2D eigenvalue weighted by Gasteiger charge is -2.04. The minimum Gasteiger partial charge on any atom is -0.419 e. The van der Waals surface area contributed by atoms with Crippen molar-refractivity contribution in [1.82, 2.24) is 25.0 Å². The number of hydrogen-bond acceptors (Lipinski definition) is 6. The monoisotopic (exact) mass is 287 g/mol. The van der Waals surface area contributed by atoms with Crippen molar-refractivity contribution in [2.45, 2.75) is 17.3 Å². The first kappa shape index (κ1) is 12.9. The summed E-state index contributed by atoms with van der Waals surface area (Å²) in [6.07, 6.45) is 1.66. The summed E-state index contributed by atoms with van der Waals surface area (Å²) in [6, 6.07) is 9.72. The second-order valence-electron chi connectivity index (χ2n) is 4.30. The molecule has 3 rings (SSSR count). The number of thioether (sulfide) groups is 1. The van der Waals surface area contributed by atoms with Crippen LogP contribution in [0.15, 0.2) is 46.2 Å². The van der Waals surface area contributed by atoms with Gasteiger partial charge in [-0.25, -0.2) is 0 Å². The van der Waals surface area contributed by atoms with E-state index in [0.717, 1.165) is 10.7 Å². The number of nitrogens with zero attached hydrogens (tertiary/aromatic N) is 5. The van der Waals surface area contributed by atoms with Crippen LogP contribution in [0.1, 0.15) is 18.1 Å². The van der Waals surface area contributed by atoms with E-state index in [9.17, 15) is 0 Å². The fourth-order valence-electron chi connectivity index (χ4n) is 1.68. The molecule has 0 fully saturated rings. The Bertz CT molecular complexity index is 694. The first-order valence-electron chi connectivity index (χ1n) is 6.13. The van der Waals surface area contributed by atoms with Crippen LogP contribution in [-0.2, 0) is 7.05 Å². The highest BCUT2D eigenvalue weighted by molar-refractivity contribution is 7.99. The van der Waals surface area contributed by atoms with E-state index in [0.29, 0.717) is 11.8 Å². The van der Waals surface area contributed by atoms with Crippen molar-refractivity contribution in [1.29, 1.82) is 0 Å². The summed E-state index contributed by atoms with van der Waals surface area (Å²) in [5.41, 5.74) is 0.919. The predicted octanol–water partition coefficient (Wildman–Crippen LogP) is 2.72. The molecule has 0 amide bonds. The Labute approximate surface area is 120 Å². The van der Waals surface area contributed by atoms with Crippen LogP contribution in [-0.4, -0.2) is 25.0 Å². The fourth-order valence-corrected chi connectivity index (χ4v) is 2.50. The van der Waals surface area contributed by atoms with Crippen LogP contribution < -0.4 is 0 Å². The van der Waals surface area contributed by atoms with Gasteiger partial charge in [0.05, 0.1) is 5.25 Å². The molecular weight excluding hydrogens is 274 g/mol. The van der Waals surface area contributed by atoms with Gasteiger partial charge in [-0.15, -0.1) is 20.4 Å². The zero-order chi connectivity index (χ0) is 13.9. The maximum absolute atomic E-state index is 5.72. The molecule has 1 atom stereocenters. The van der Waals surface area contributed by atoms with Crippen molar-refractivity contribution in [2.24, 2.45) is 7.05 Å². The molecule has 3 aromatic rings. The van der Waals surface area contributed by atoms with Crippen molar-refractivity contribution in [2.75, 3.05) is 0 Å². The second-order valence-corrected chi connectivity index (χ2v) is 5.60. The molecule has 20 heavy (non-hydrogen) atoms. The molecule has 1 aromatic carbocycles. The van der Waals surface area contributed by atoms with Gasteiger partial charge in [0.15, 0.2) is 5.16 Å². The fraction of sp³-hybridized carbons (Fsp3) is 0.231. The third kappa shape index (κ3) is 2.57. The summed E-state index contributed by atoms with van der Waals surface area (Å²) in [4.78, 5) is 0. The van der Waals surface area contributed by atoms with Crippen LogP contribution in [0.2, 0.25) is 0 Å². The lowest BCUT2D eigenvalue weighted by atomic mass is 10.2. The first-order chi connectivity index (χ1) is 9.74. The zero-order valence-electron chi connectivity index (χ0n) is 11.1. The molecule has 0 unspecified atom stereocenters. The van der Waals surface area contributed by atoms with Gasteiger partial charge < -0.3 is 8.98 Å². The van der Waals surface area contributed by atoms with Gasteiger partial charge in [0, 0.05) is 12.6 Å². The standard InChI is InChI=1S/C13H13N5OS/c1-9(20-13-17-14-8-18(13)2)11-15-16-12(19-11)10-6-4-3-5-7-10/h3-9H,1-2H3/t9-/m0/s1. The second kappa shape index (κ2) is 5.46. The summed E-state index contributed by atoms with van der Waals surface area (Å²) in [6.45, 7) is 2.00. The van der Waals surface area contributed by atoms with Crippen LogP contribution in [0.4, 0.5) is 0 Å². The van der Waals surface area contributed by atoms with Gasteiger partial charge in [0.2, 0.25) is 11.8 Å². The lowest BCUT2D eigenvalue weighted by molar-refractivity contribution is 0.508. The average molecular weight is 287 g/mol. The molecule has 2 aromatic heterocycles. The van der Waals surface area contributed by atoms with E-state index in [1.165, 1.54) is 11.8 Å². The molecule has 0 N–H and O–H groups in total. The third-order valence-electron chi connectivity index (χ3n) is 2.76. The summed E-state index contributed by atoms with van der Waals surface area (Å²) in [5.74, 6) is 1.11. The van der Waals surface area contributed by atoms with E-state index >= 15 is 0 Å². The summed E-state index contributed by atoms with van der Waals surface area (Å²) in [5, 5.41) is 16.9.